The molecular formula is C22H18N2O3. The molecule has 2 aromatic rings. The van der Waals surface area contributed by atoms with Crippen LogP contribution in [0.3, 0.4) is 0 Å². The fourth-order valence-electron chi connectivity index (χ4n) is 4.69. The first kappa shape index (κ1) is 16.1. The molecule has 0 saturated carbocycles. The summed E-state index contributed by atoms with van der Waals surface area (Å²) < 4.78 is 0. The van der Waals surface area contributed by atoms with Crippen molar-refractivity contribution in [2.24, 2.45) is 11.8 Å². The molecule has 0 unspecified atom stereocenters. The second-order valence-electron chi connectivity index (χ2n) is 7.25. The van der Waals surface area contributed by atoms with Gasteiger partial charge in [-0.05, 0) is 23.8 Å². The molecule has 4 atom stereocenters. The Balaban J connectivity index is 1.53. The molecule has 3 aliphatic heterocycles. The van der Waals surface area contributed by atoms with Crippen molar-refractivity contribution < 1.29 is 14.4 Å². The van der Waals surface area contributed by atoms with E-state index in [1.54, 1.807) is 36.4 Å². The number of nitrogens with zero attached hydrogens (tertiary/aromatic N) is 2. The van der Waals surface area contributed by atoms with Gasteiger partial charge in [-0.25, -0.2) is 4.90 Å². The first-order valence-electron chi connectivity index (χ1n) is 9.11. The molecule has 5 heteroatoms. The predicted octanol–water partition coefficient (Wildman–Crippen LogP) is 2.18. The van der Waals surface area contributed by atoms with E-state index in [1.165, 1.54) is 4.90 Å². The lowest BCUT2D eigenvalue weighted by atomic mass is 9.90. The van der Waals surface area contributed by atoms with Crippen molar-refractivity contribution in [1.29, 1.82) is 0 Å². The van der Waals surface area contributed by atoms with E-state index in [9.17, 15) is 14.4 Å². The van der Waals surface area contributed by atoms with Crippen LogP contribution < -0.4 is 4.90 Å². The normalized spacial score (nSPS) is 29.5. The molecule has 0 N–H and O–H groups in total. The summed E-state index contributed by atoms with van der Waals surface area (Å²) in [7, 11) is 0. The van der Waals surface area contributed by atoms with Crippen LogP contribution in [0.4, 0.5) is 5.69 Å². The molecule has 2 fully saturated rings. The van der Waals surface area contributed by atoms with E-state index in [1.807, 2.05) is 41.3 Å². The molecule has 2 bridgehead atoms. The minimum Gasteiger partial charge on any atom is -0.293 e. The minimum atomic E-state index is -0.617. The van der Waals surface area contributed by atoms with Crippen molar-refractivity contribution in [3.05, 3.63) is 78.4 Å². The van der Waals surface area contributed by atoms with Crippen LogP contribution in [0, 0.1) is 11.8 Å². The van der Waals surface area contributed by atoms with E-state index < -0.39 is 17.9 Å². The molecule has 3 aliphatic rings. The molecular weight excluding hydrogens is 340 g/mol. The van der Waals surface area contributed by atoms with Gasteiger partial charge < -0.3 is 0 Å². The highest BCUT2D eigenvalue weighted by Crippen LogP contribution is 2.47. The fraction of sp³-hybridized carbons (Fsp3) is 0.227. The highest BCUT2D eigenvalue weighted by atomic mass is 16.2. The van der Waals surface area contributed by atoms with Crippen molar-refractivity contribution in [3.63, 3.8) is 0 Å². The smallest absolute Gasteiger partial charge is 0.239 e. The van der Waals surface area contributed by atoms with Crippen LogP contribution in [-0.4, -0.2) is 34.6 Å². The summed E-state index contributed by atoms with van der Waals surface area (Å²) >= 11 is 0. The zero-order valence-electron chi connectivity index (χ0n) is 14.6. The van der Waals surface area contributed by atoms with Crippen LogP contribution in [0.5, 0.6) is 0 Å². The Labute approximate surface area is 156 Å². The second-order valence-corrected chi connectivity index (χ2v) is 7.25. The third-order valence-electron chi connectivity index (χ3n) is 5.82. The summed E-state index contributed by atoms with van der Waals surface area (Å²) in [5, 5.41) is 0. The van der Waals surface area contributed by atoms with Crippen LogP contribution >= 0.6 is 0 Å². The maximum atomic E-state index is 13.2. The van der Waals surface area contributed by atoms with Gasteiger partial charge in [-0.2, -0.15) is 0 Å². The molecule has 0 radical (unpaired) electrons. The summed E-state index contributed by atoms with van der Waals surface area (Å²) in [6, 6.07) is 18.0. The highest BCUT2D eigenvalue weighted by Gasteiger charge is 2.64. The first-order chi connectivity index (χ1) is 13.2. The lowest BCUT2D eigenvalue weighted by Crippen LogP contribution is -2.48. The number of carbonyl (C=O) groups excluding carboxylic acids is 3. The standard InChI is InChI=1S/C22H18N2O3/c25-17-12-11-16-18-19(20(17)23(16)13-14-7-3-1-4-8-14)22(27)24(21(18)26)15-9-5-2-6-10-15/h1-12,16,18-20H,13H2/t16-,18-,19-,20+/m0/s1. The van der Waals surface area contributed by atoms with Gasteiger partial charge in [-0.1, -0.05) is 54.6 Å². The van der Waals surface area contributed by atoms with Gasteiger partial charge in [0.05, 0.1) is 23.6 Å². The van der Waals surface area contributed by atoms with Crippen molar-refractivity contribution in [3.8, 4) is 0 Å². The number of imide groups is 1. The monoisotopic (exact) mass is 358 g/mol. The molecule has 2 aromatic carbocycles. The van der Waals surface area contributed by atoms with E-state index in [-0.39, 0.29) is 23.6 Å². The second kappa shape index (κ2) is 5.99. The molecule has 3 heterocycles. The summed E-state index contributed by atoms with van der Waals surface area (Å²) in [6.45, 7) is 0.547. The van der Waals surface area contributed by atoms with Gasteiger partial charge in [0, 0.05) is 12.6 Å². The molecule has 0 aromatic heterocycles. The lowest BCUT2D eigenvalue weighted by Gasteiger charge is -2.33. The Morgan fingerprint density at radius 2 is 1.41 bits per heavy atom. The van der Waals surface area contributed by atoms with Crippen molar-refractivity contribution in [2.45, 2.75) is 18.6 Å². The number of ketones is 1. The molecule has 0 spiro atoms. The van der Waals surface area contributed by atoms with Crippen molar-refractivity contribution in [2.75, 3.05) is 4.90 Å². The average Bonchev–Trinajstić information content (AvgIpc) is 3.07. The number of para-hydroxylation sites is 1. The molecule has 27 heavy (non-hydrogen) atoms. The predicted molar refractivity (Wildman–Crippen MR) is 99.6 cm³/mol. The SMILES string of the molecule is O=C1C=C[C@H]2[C@@H]3C(=O)N(c4ccccc4)C(=O)[C@@H]3[C@@H]1N2Cc1ccccc1. The number of anilines is 1. The van der Waals surface area contributed by atoms with E-state index >= 15 is 0 Å². The van der Waals surface area contributed by atoms with Crippen LogP contribution in [0.2, 0.25) is 0 Å². The van der Waals surface area contributed by atoms with Gasteiger partial charge in [-0.3, -0.25) is 19.3 Å². The average molecular weight is 358 g/mol. The van der Waals surface area contributed by atoms with Crippen LogP contribution in [0.25, 0.3) is 0 Å². The molecule has 5 rings (SSSR count). The Hall–Kier alpha value is -3.05. The van der Waals surface area contributed by atoms with E-state index in [0.717, 1.165) is 5.56 Å². The number of benzene rings is 2. The third kappa shape index (κ3) is 2.32. The number of amides is 2. The fourth-order valence-corrected chi connectivity index (χ4v) is 4.69. The minimum absolute atomic E-state index is 0.0919. The maximum Gasteiger partial charge on any atom is 0.239 e. The van der Waals surface area contributed by atoms with Gasteiger partial charge in [0.25, 0.3) is 0 Å². The van der Waals surface area contributed by atoms with E-state index in [4.69, 9.17) is 0 Å². The molecule has 2 amide bonds. The largest absolute Gasteiger partial charge is 0.293 e. The van der Waals surface area contributed by atoms with Gasteiger partial charge in [0.2, 0.25) is 11.8 Å². The number of hydrogen-bond acceptors (Lipinski definition) is 4. The van der Waals surface area contributed by atoms with Crippen LogP contribution in [-0.2, 0) is 20.9 Å². The zero-order valence-corrected chi connectivity index (χ0v) is 14.6. The van der Waals surface area contributed by atoms with Gasteiger partial charge in [-0.15, -0.1) is 0 Å². The molecule has 2 saturated heterocycles. The van der Waals surface area contributed by atoms with Crippen LogP contribution in [0.1, 0.15) is 5.56 Å². The van der Waals surface area contributed by atoms with Crippen molar-refractivity contribution in [1.82, 2.24) is 4.90 Å². The lowest BCUT2D eigenvalue weighted by molar-refractivity contribution is -0.129. The number of fused-ring (bicyclic) bond motifs is 5. The third-order valence-corrected chi connectivity index (χ3v) is 5.82. The van der Waals surface area contributed by atoms with Crippen LogP contribution in [0.15, 0.2) is 72.8 Å². The van der Waals surface area contributed by atoms with Gasteiger partial charge in [0.15, 0.2) is 5.78 Å². The Kier molecular flexibility index (Phi) is 3.58. The summed E-state index contributed by atoms with van der Waals surface area (Å²) in [5.41, 5.74) is 1.64. The Morgan fingerprint density at radius 3 is 2.11 bits per heavy atom. The summed E-state index contributed by atoms with van der Waals surface area (Å²) in [5.74, 6) is -1.69. The molecule has 5 nitrogen and oxygen atoms in total. The van der Waals surface area contributed by atoms with E-state index in [2.05, 4.69) is 0 Å². The highest BCUT2D eigenvalue weighted by molar-refractivity contribution is 6.24. The molecule has 134 valence electrons. The quantitative estimate of drug-likeness (QED) is 0.789. The van der Waals surface area contributed by atoms with Gasteiger partial charge in [0.1, 0.15) is 0 Å². The number of carbonyl (C=O) groups is 3. The topological polar surface area (TPSA) is 57.7 Å². The number of rotatable bonds is 3. The summed E-state index contributed by atoms with van der Waals surface area (Å²) in [4.78, 5) is 42.3. The Bertz CT molecular complexity index is 952. The molecule has 0 aliphatic carbocycles. The van der Waals surface area contributed by atoms with E-state index in [0.29, 0.717) is 12.2 Å². The zero-order chi connectivity index (χ0) is 18.5. The first-order valence-corrected chi connectivity index (χ1v) is 9.11. The maximum absolute atomic E-state index is 13.2. The van der Waals surface area contributed by atoms with Crippen molar-refractivity contribution >= 4 is 23.3 Å². The Morgan fingerprint density at radius 1 is 0.778 bits per heavy atom. The number of hydrogen-bond donors (Lipinski definition) is 0. The van der Waals surface area contributed by atoms with Gasteiger partial charge >= 0.3 is 0 Å². The summed E-state index contributed by atoms with van der Waals surface area (Å²) in [6.07, 6.45) is 3.34.